The van der Waals surface area contributed by atoms with E-state index in [1.54, 1.807) is 6.26 Å². The Morgan fingerprint density at radius 1 is 1.38 bits per heavy atom. The van der Waals surface area contributed by atoms with Gasteiger partial charge in [-0.05, 0) is 41.5 Å². The maximum absolute atomic E-state index is 5.32. The van der Waals surface area contributed by atoms with Crippen LogP contribution in [0, 0.1) is 0 Å². The fourth-order valence-electron chi connectivity index (χ4n) is 1.63. The lowest BCUT2D eigenvalue weighted by atomic mass is 10.4. The molecule has 0 aliphatic rings. The zero-order valence-corrected chi connectivity index (χ0v) is 11.7. The molecule has 0 aliphatic carbocycles. The van der Waals surface area contributed by atoms with E-state index in [9.17, 15) is 0 Å². The first-order chi connectivity index (χ1) is 7.77. The average Bonchev–Trinajstić information content (AvgIpc) is 2.69. The molecule has 0 bridgehead atoms. The summed E-state index contributed by atoms with van der Waals surface area (Å²) in [5.74, 6) is 0.971. The molecule has 4 heteroatoms. The van der Waals surface area contributed by atoms with Crippen molar-refractivity contribution in [3.63, 3.8) is 0 Å². The highest BCUT2D eigenvalue weighted by molar-refractivity contribution is 9.10. The lowest BCUT2D eigenvalue weighted by molar-refractivity contribution is 0.286. The number of hydrogen-bond donors (Lipinski definition) is 1. The summed E-state index contributed by atoms with van der Waals surface area (Å²) in [7, 11) is 0. The third-order valence-electron chi connectivity index (χ3n) is 2.57. The van der Waals surface area contributed by atoms with Crippen molar-refractivity contribution in [1.82, 2.24) is 10.2 Å². The number of nitrogens with one attached hydrogen (secondary N) is 1. The van der Waals surface area contributed by atoms with Crippen molar-refractivity contribution >= 4 is 15.9 Å². The molecule has 0 amide bonds. The summed E-state index contributed by atoms with van der Waals surface area (Å²) in [5, 5.41) is 3.39. The first-order valence-corrected chi connectivity index (χ1v) is 6.72. The van der Waals surface area contributed by atoms with E-state index in [0.29, 0.717) is 0 Å². The molecule has 0 radical (unpaired) electrons. The quantitative estimate of drug-likeness (QED) is 0.746. The summed E-state index contributed by atoms with van der Waals surface area (Å²) in [6.45, 7) is 9.62. The molecule has 1 rings (SSSR count). The van der Waals surface area contributed by atoms with Crippen LogP contribution in [0.25, 0.3) is 0 Å². The Hall–Kier alpha value is -0.320. The molecular weight excluding hydrogens is 268 g/mol. The Morgan fingerprint density at radius 3 is 2.75 bits per heavy atom. The van der Waals surface area contributed by atoms with Gasteiger partial charge in [0.05, 0.1) is 17.3 Å². The minimum absolute atomic E-state index is 0.789. The van der Waals surface area contributed by atoms with Gasteiger partial charge in [-0.3, -0.25) is 0 Å². The molecule has 0 saturated carbocycles. The van der Waals surface area contributed by atoms with Crippen LogP contribution in [0.5, 0.6) is 0 Å². The minimum Gasteiger partial charge on any atom is -0.467 e. The van der Waals surface area contributed by atoms with Crippen LogP contribution in [0.1, 0.15) is 26.0 Å². The van der Waals surface area contributed by atoms with E-state index in [-0.39, 0.29) is 0 Å². The van der Waals surface area contributed by atoms with Crippen LogP contribution in [-0.4, -0.2) is 31.1 Å². The minimum atomic E-state index is 0.789. The number of rotatable bonds is 8. The van der Waals surface area contributed by atoms with Crippen LogP contribution in [-0.2, 0) is 6.54 Å². The molecule has 0 saturated heterocycles. The zero-order valence-electron chi connectivity index (χ0n) is 10.1. The van der Waals surface area contributed by atoms with Crippen molar-refractivity contribution in [3.8, 4) is 0 Å². The van der Waals surface area contributed by atoms with E-state index in [0.717, 1.165) is 36.4 Å². The van der Waals surface area contributed by atoms with E-state index < -0.39 is 0 Å². The molecule has 1 heterocycles. The van der Waals surface area contributed by atoms with Gasteiger partial charge in [0, 0.05) is 13.1 Å². The Morgan fingerprint density at radius 2 is 2.19 bits per heavy atom. The summed E-state index contributed by atoms with van der Waals surface area (Å²) in [6.07, 6.45) is 2.92. The molecule has 92 valence electrons. The van der Waals surface area contributed by atoms with Gasteiger partial charge in [0.15, 0.2) is 0 Å². The molecule has 1 aromatic heterocycles. The topological polar surface area (TPSA) is 28.4 Å². The van der Waals surface area contributed by atoms with Crippen molar-refractivity contribution in [2.24, 2.45) is 0 Å². The van der Waals surface area contributed by atoms with Crippen molar-refractivity contribution in [1.29, 1.82) is 0 Å². The van der Waals surface area contributed by atoms with Gasteiger partial charge in [0.1, 0.15) is 5.76 Å². The maximum Gasteiger partial charge on any atom is 0.131 e. The van der Waals surface area contributed by atoms with Crippen molar-refractivity contribution in [3.05, 3.63) is 22.6 Å². The first kappa shape index (κ1) is 13.7. The molecule has 0 spiro atoms. The summed E-state index contributed by atoms with van der Waals surface area (Å²) < 4.78 is 6.36. The van der Waals surface area contributed by atoms with Crippen molar-refractivity contribution < 1.29 is 4.42 Å². The summed E-state index contributed by atoms with van der Waals surface area (Å²) >= 11 is 3.44. The molecular formula is C12H21BrN2O. The van der Waals surface area contributed by atoms with Crippen molar-refractivity contribution in [2.75, 3.05) is 26.2 Å². The largest absolute Gasteiger partial charge is 0.467 e. The molecule has 1 N–H and O–H groups in total. The SMILES string of the molecule is CCCN(CC)CCNCc1occc1Br. The van der Waals surface area contributed by atoms with Gasteiger partial charge in [-0.25, -0.2) is 0 Å². The lowest BCUT2D eigenvalue weighted by Gasteiger charge is -2.19. The van der Waals surface area contributed by atoms with E-state index in [1.165, 1.54) is 13.0 Å². The third kappa shape index (κ3) is 4.68. The Balaban J connectivity index is 2.14. The lowest BCUT2D eigenvalue weighted by Crippen LogP contribution is -2.32. The predicted octanol–water partition coefficient (Wildman–Crippen LogP) is 2.86. The molecule has 0 aliphatic heterocycles. The second-order valence-corrected chi connectivity index (χ2v) is 4.66. The molecule has 0 unspecified atom stereocenters. The maximum atomic E-state index is 5.32. The number of halogens is 1. The van der Waals surface area contributed by atoms with E-state index in [4.69, 9.17) is 4.42 Å². The van der Waals surface area contributed by atoms with Gasteiger partial charge in [0.25, 0.3) is 0 Å². The number of hydrogen-bond acceptors (Lipinski definition) is 3. The second kappa shape index (κ2) is 7.87. The first-order valence-electron chi connectivity index (χ1n) is 5.92. The molecule has 0 atom stereocenters. The molecule has 16 heavy (non-hydrogen) atoms. The van der Waals surface area contributed by atoms with Gasteiger partial charge in [-0.15, -0.1) is 0 Å². The normalized spacial score (nSPS) is 11.2. The Kier molecular flexibility index (Phi) is 6.76. The number of furan rings is 1. The summed E-state index contributed by atoms with van der Waals surface area (Å²) in [6, 6.07) is 1.92. The van der Waals surface area contributed by atoms with Gasteiger partial charge < -0.3 is 14.6 Å². The monoisotopic (exact) mass is 288 g/mol. The Bertz CT molecular complexity index is 288. The van der Waals surface area contributed by atoms with Gasteiger partial charge in [-0.1, -0.05) is 13.8 Å². The molecule has 0 aromatic carbocycles. The highest BCUT2D eigenvalue weighted by Crippen LogP contribution is 2.16. The van der Waals surface area contributed by atoms with E-state index >= 15 is 0 Å². The fraction of sp³-hybridized carbons (Fsp3) is 0.667. The standard InChI is InChI=1S/C12H21BrN2O/c1-3-7-15(4-2)8-6-14-10-12-11(13)5-9-16-12/h5,9,14H,3-4,6-8,10H2,1-2H3. The number of likely N-dealkylation sites (N-methyl/N-ethyl adjacent to an activating group) is 1. The summed E-state index contributed by atoms with van der Waals surface area (Å²) in [5.41, 5.74) is 0. The highest BCUT2D eigenvalue weighted by atomic mass is 79.9. The average molecular weight is 289 g/mol. The van der Waals surface area contributed by atoms with Gasteiger partial charge in [-0.2, -0.15) is 0 Å². The fourth-order valence-corrected chi connectivity index (χ4v) is 1.98. The van der Waals surface area contributed by atoms with Gasteiger partial charge >= 0.3 is 0 Å². The van der Waals surface area contributed by atoms with Crippen LogP contribution < -0.4 is 5.32 Å². The second-order valence-electron chi connectivity index (χ2n) is 3.80. The van der Waals surface area contributed by atoms with Crippen LogP contribution >= 0.6 is 15.9 Å². The third-order valence-corrected chi connectivity index (χ3v) is 3.28. The van der Waals surface area contributed by atoms with Crippen LogP contribution in [0.15, 0.2) is 21.2 Å². The van der Waals surface area contributed by atoms with Crippen LogP contribution in [0.3, 0.4) is 0 Å². The summed E-state index contributed by atoms with van der Waals surface area (Å²) in [4.78, 5) is 2.45. The van der Waals surface area contributed by atoms with Crippen LogP contribution in [0.2, 0.25) is 0 Å². The van der Waals surface area contributed by atoms with E-state index in [2.05, 4.69) is 40.0 Å². The zero-order chi connectivity index (χ0) is 11.8. The van der Waals surface area contributed by atoms with Gasteiger partial charge in [0.2, 0.25) is 0 Å². The number of nitrogens with zero attached hydrogens (tertiary/aromatic N) is 1. The van der Waals surface area contributed by atoms with Crippen molar-refractivity contribution in [2.45, 2.75) is 26.8 Å². The molecule has 3 nitrogen and oxygen atoms in total. The predicted molar refractivity (Wildman–Crippen MR) is 70.5 cm³/mol. The van der Waals surface area contributed by atoms with E-state index in [1.807, 2.05) is 6.07 Å². The smallest absolute Gasteiger partial charge is 0.131 e. The molecule has 1 aromatic rings. The highest BCUT2D eigenvalue weighted by Gasteiger charge is 2.03. The molecule has 0 fully saturated rings. The Labute approximate surface area is 106 Å². The van der Waals surface area contributed by atoms with Crippen LogP contribution in [0.4, 0.5) is 0 Å².